The van der Waals surface area contributed by atoms with Gasteiger partial charge in [0.05, 0.1) is 35.9 Å². The van der Waals surface area contributed by atoms with Crippen LogP contribution in [0.1, 0.15) is 25.5 Å². The normalized spacial score (nSPS) is 15.8. The fourth-order valence-electron chi connectivity index (χ4n) is 3.92. The number of hydrogen-bond donors (Lipinski definition) is 0. The van der Waals surface area contributed by atoms with Crippen molar-refractivity contribution in [1.82, 2.24) is 14.5 Å². The standard InChI is InChI=1S/C25H25N3O3S2/c1-2-30-19-11-9-17(10-12-19)23-26-18(15-32-23)16-33-25-27-22-8-4-3-7-21(22)24(29)28(25)14-20-6-5-13-31-20/h3-4,7-12,15,20H,2,5-6,13-14,16H2,1H3/t20-/m0/s1. The number of rotatable bonds is 8. The van der Waals surface area contributed by atoms with E-state index < -0.39 is 0 Å². The second-order valence-corrected chi connectivity index (χ2v) is 9.65. The summed E-state index contributed by atoms with van der Waals surface area (Å²) in [4.78, 5) is 22.9. The van der Waals surface area contributed by atoms with Gasteiger partial charge in [-0.3, -0.25) is 9.36 Å². The lowest BCUT2D eigenvalue weighted by Crippen LogP contribution is -2.28. The Bertz CT molecular complexity index is 1290. The smallest absolute Gasteiger partial charge is 0.262 e. The van der Waals surface area contributed by atoms with Gasteiger partial charge in [-0.2, -0.15) is 0 Å². The number of thioether (sulfide) groups is 1. The van der Waals surface area contributed by atoms with Crippen molar-refractivity contribution >= 4 is 34.0 Å². The van der Waals surface area contributed by atoms with Gasteiger partial charge in [-0.25, -0.2) is 9.97 Å². The van der Waals surface area contributed by atoms with Gasteiger partial charge in [-0.15, -0.1) is 11.3 Å². The molecule has 33 heavy (non-hydrogen) atoms. The van der Waals surface area contributed by atoms with E-state index in [1.165, 1.54) is 0 Å². The van der Waals surface area contributed by atoms with E-state index in [0.29, 0.717) is 29.4 Å². The molecule has 0 bridgehead atoms. The first kappa shape index (κ1) is 22.1. The zero-order chi connectivity index (χ0) is 22.6. The van der Waals surface area contributed by atoms with E-state index in [9.17, 15) is 4.79 Å². The molecule has 1 saturated heterocycles. The van der Waals surface area contributed by atoms with Gasteiger partial charge >= 0.3 is 0 Å². The van der Waals surface area contributed by atoms with Gasteiger partial charge in [0.1, 0.15) is 10.8 Å². The predicted octanol–water partition coefficient (Wildman–Crippen LogP) is 5.39. The average Bonchev–Trinajstić information content (AvgIpc) is 3.53. The molecule has 4 aromatic rings. The summed E-state index contributed by atoms with van der Waals surface area (Å²) in [7, 11) is 0. The molecule has 6 nitrogen and oxygen atoms in total. The monoisotopic (exact) mass is 479 g/mol. The summed E-state index contributed by atoms with van der Waals surface area (Å²) in [6.07, 6.45) is 2.08. The topological polar surface area (TPSA) is 66.2 Å². The Morgan fingerprint density at radius 3 is 2.82 bits per heavy atom. The van der Waals surface area contributed by atoms with Crippen LogP contribution in [0.25, 0.3) is 21.5 Å². The van der Waals surface area contributed by atoms with E-state index in [1.807, 2.05) is 55.5 Å². The maximum Gasteiger partial charge on any atom is 0.262 e. The van der Waals surface area contributed by atoms with Crippen molar-refractivity contribution in [3.05, 3.63) is 70.0 Å². The van der Waals surface area contributed by atoms with Crippen LogP contribution in [-0.4, -0.2) is 33.9 Å². The molecule has 3 heterocycles. The Morgan fingerprint density at radius 1 is 1.18 bits per heavy atom. The fraction of sp³-hybridized carbons (Fsp3) is 0.320. The molecule has 0 N–H and O–H groups in total. The number of fused-ring (bicyclic) bond motifs is 1. The summed E-state index contributed by atoms with van der Waals surface area (Å²) >= 11 is 3.17. The molecule has 2 aromatic heterocycles. The molecule has 0 unspecified atom stereocenters. The Hall–Kier alpha value is -2.68. The van der Waals surface area contributed by atoms with Crippen molar-refractivity contribution < 1.29 is 9.47 Å². The highest BCUT2D eigenvalue weighted by Gasteiger charge is 2.20. The third-order valence-electron chi connectivity index (χ3n) is 5.55. The molecule has 0 saturated carbocycles. The van der Waals surface area contributed by atoms with Crippen molar-refractivity contribution in [2.45, 2.75) is 43.3 Å². The minimum absolute atomic E-state index is 0.00745. The van der Waals surface area contributed by atoms with E-state index in [4.69, 9.17) is 19.4 Å². The highest BCUT2D eigenvalue weighted by atomic mass is 32.2. The molecule has 0 radical (unpaired) electrons. The quantitative estimate of drug-likeness (QED) is 0.249. The van der Waals surface area contributed by atoms with Crippen molar-refractivity contribution in [3.63, 3.8) is 0 Å². The molecule has 1 atom stereocenters. The third kappa shape index (κ3) is 4.98. The number of hydrogen-bond acceptors (Lipinski definition) is 7. The molecule has 5 rings (SSSR count). The maximum absolute atomic E-state index is 13.2. The summed E-state index contributed by atoms with van der Waals surface area (Å²) in [6.45, 7) is 3.92. The first-order valence-corrected chi connectivity index (χ1v) is 13.0. The Labute approximate surface area is 200 Å². The lowest BCUT2D eigenvalue weighted by Gasteiger charge is -2.16. The minimum Gasteiger partial charge on any atom is -0.494 e. The summed E-state index contributed by atoms with van der Waals surface area (Å²) in [5.41, 5.74) is 2.76. The van der Waals surface area contributed by atoms with E-state index in [0.717, 1.165) is 47.0 Å². The van der Waals surface area contributed by atoms with E-state index in [-0.39, 0.29) is 11.7 Å². The van der Waals surface area contributed by atoms with Gasteiger partial charge in [-0.05, 0) is 56.2 Å². The van der Waals surface area contributed by atoms with Crippen LogP contribution in [0.4, 0.5) is 0 Å². The number of nitrogens with zero attached hydrogens (tertiary/aromatic N) is 3. The van der Waals surface area contributed by atoms with Crippen LogP contribution >= 0.6 is 23.1 Å². The lowest BCUT2D eigenvalue weighted by atomic mass is 10.2. The van der Waals surface area contributed by atoms with E-state index >= 15 is 0 Å². The predicted molar refractivity (Wildman–Crippen MR) is 133 cm³/mol. The second kappa shape index (κ2) is 10.1. The lowest BCUT2D eigenvalue weighted by molar-refractivity contribution is 0.0937. The van der Waals surface area contributed by atoms with Crippen molar-refractivity contribution in [2.24, 2.45) is 0 Å². The van der Waals surface area contributed by atoms with E-state index in [2.05, 4.69) is 5.38 Å². The molecule has 1 fully saturated rings. The number of para-hydroxylation sites is 1. The zero-order valence-corrected chi connectivity index (χ0v) is 20.0. The van der Waals surface area contributed by atoms with Crippen LogP contribution < -0.4 is 10.3 Å². The number of ether oxygens (including phenoxy) is 2. The van der Waals surface area contributed by atoms with Gasteiger partial charge in [-0.1, -0.05) is 23.9 Å². The van der Waals surface area contributed by atoms with Crippen LogP contribution in [0, 0.1) is 0 Å². The molecule has 170 valence electrons. The van der Waals surface area contributed by atoms with Crippen molar-refractivity contribution in [1.29, 1.82) is 0 Å². The highest BCUT2D eigenvalue weighted by Crippen LogP contribution is 2.29. The minimum atomic E-state index is -0.00745. The molecule has 0 aliphatic carbocycles. The number of benzene rings is 2. The van der Waals surface area contributed by atoms with E-state index in [1.54, 1.807) is 27.7 Å². The maximum atomic E-state index is 13.2. The van der Waals surface area contributed by atoms with Gasteiger partial charge < -0.3 is 9.47 Å². The molecule has 0 spiro atoms. The van der Waals surface area contributed by atoms with Gasteiger partial charge in [0.25, 0.3) is 5.56 Å². The summed E-state index contributed by atoms with van der Waals surface area (Å²) in [6, 6.07) is 15.5. The molecule has 1 aliphatic rings. The Kier molecular flexibility index (Phi) is 6.75. The molecule has 2 aromatic carbocycles. The summed E-state index contributed by atoms with van der Waals surface area (Å²) in [5.74, 6) is 1.50. The van der Waals surface area contributed by atoms with Crippen molar-refractivity contribution in [2.75, 3.05) is 13.2 Å². The molecule has 1 aliphatic heterocycles. The van der Waals surface area contributed by atoms with Gasteiger partial charge in [0.15, 0.2) is 5.16 Å². The Morgan fingerprint density at radius 2 is 2.03 bits per heavy atom. The van der Waals surface area contributed by atoms with Gasteiger partial charge in [0.2, 0.25) is 0 Å². The molecular weight excluding hydrogens is 454 g/mol. The number of aromatic nitrogens is 3. The highest BCUT2D eigenvalue weighted by molar-refractivity contribution is 7.98. The molecule has 0 amide bonds. The van der Waals surface area contributed by atoms with Crippen LogP contribution in [0.15, 0.2) is 63.9 Å². The van der Waals surface area contributed by atoms with Crippen LogP contribution in [-0.2, 0) is 17.0 Å². The number of thiazole rings is 1. The fourth-order valence-corrected chi connectivity index (χ4v) is 5.75. The van der Waals surface area contributed by atoms with Crippen LogP contribution in [0.3, 0.4) is 0 Å². The summed E-state index contributed by atoms with van der Waals surface area (Å²) < 4.78 is 13.1. The molecule has 8 heteroatoms. The first-order chi connectivity index (χ1) is 16.2. The van der Waals surface area contributed by atoms with Crippen molar-refractivity contribution in [3.8, 4) is 16.3 Å². The average molecular weight is 480 g/mol. The SMILES string of the molecule is CCOc1ccc(-c2nc(CSc3nc4ccccc4c(=O)n3C[C@@H]3CCCO3)cs2)cc1. The second-order valence-electron chi connectivity index (χ2n) is 7.85. The molecular formula is C25H25N3O3S2. The summed E-state index contributed by atoms with van der Waals surface area (Å²) in [5, 5.41) is 4.40. The zero-order valence-electron chi connectivity index (χ0n) is 18.4. The first-order valence-electron chi connectivity index (χ1n) is 11.1. The largest absolute Gasteiger partial charge is 0.494 e. The third-order valence-corrected chi connectivity index (χ3v) is 7.50. The van der Waals surface area contributed by atoms with Crippen LogP contribution in [0.5, 0.6) is 5.75 Å². The van der Waals surface area contributed by atoms with Gasteiger partial charge in [0, 0.05) is 23.3 Å². The Balaban J connectivity index is 1.37. The van der Waals surface area contributed by atoms with Crippen LogP contribution in [0.2, 0.25) is 0 Å².